The Morgan fingerprint density at radius 2 is 2.17 bits per heavy atom. The molecule has 4 heteroatoms. The van der Waals surface area contributed by atoms with Crippen LogP contribution in [0.15, 0.2) is 0 Å². The molecule has 0 bridgehead atoms. The Hall–Kier alpha value is -0.280. The molecule has 0 aromatic heterocycles. The highest BCUT2D eigenvalue weighted by atomic mass is 35.5. The maximum atomic E-state index is 10.2. The molecule has 3 N–H and O–H groups in total. The summed E-state index contributed by atoms with van der Waals surface area (Å²) in [6.07, 6.45) is 4.40. The summed E-state index contributed by atoms with van der Waals surface area (Å²) < 4.78 is 0. The molecule has 0 heterocycles. The number of carboxylic acid groups (broad SMARTS) is 1. The summed E-state index contributed by atoms with van der Waals surface area (Å²) in [6.45, 7) is 0. The molecule has 1 fully saturated rings. The van der Waals surface area contributed by atoms with E-state index in [1.165, 1.54) is 6.42 Å². The van der Waals surface area contributed by atoms with Gasteiger partial charge in [0.2, 0.25) is 0 Å². The van der Waals surface area contributed by atoms with Crippen LogP contribution >= 0.6 is 12.4 Å². The van der Waals surface area contributed by atoms with Crippen molar-refractivity contribution in [1.29, 1.82) is 0 Å². The van der Waals surface area contributed by atoms with Crippen molar-refractivity contribution in [2.75, 3.05) is 0 Å². The van der Waals surface area contributed by atoms with Crippen molar-refractivity contribution in [2.45, 2.75) is 38.1 Å². The molecule has 0 amide bonds. The third-order valence-corrected chi connectivity index (χ3v) is 2.45. The molecule has 0 radical (unpaired) electrons. The summed E-state index contributed by atoms with van der Waals surface area (Å²) in [5.41, 5.74) is 5.77. The van der Waals surface area contributed by atoms with Crippen molar-refractivity contribution >= 4 is 18.4 Å². The van der Waals surface area contributed by atoms with Crippen LogP contribution in [0.5, 0.6) is 0 Å². The van der Waals surface area contributed by atoms with E-state index in [-0.39, 0.29) is 24.9 Å². The lowest BCUT2D eigenvalue weighted by Crippen LogP contribution is -2.24. The molecule has 1 aliphatic rings. The van der Waals surface area contributed by atoms with E-state index in [0.717, 1.165) is 19.3 Å². The second kappa shape index (κ2) is 5.38. The molecule has 0 spiro atoms. The Labute approximate surface area is 78.7 Å². The topological polar surface area (TPSA) is 63.3 Å². The smallest absolute Gasteiger partial charge is 0.303 e. The Balaban J connectivity index is 0.00000121. The summed E-state index contributed by atoms with van der Waals surface area (Å²) in [7, 11) is 0. The summed E-state index contributed by atoms with van der Waals surface area (Å²) in [6, 6.07) is 0.259. The minimum absolute atomic E-state index is 0. The summed E-state index contributed by atoms with van der Waals surface area (Å²) in [4.78, 5) is 10.2. The van der Waals surface area contributed by atoms with E-state index in [1.807, 2.05) is 0 Å². The van der Waals surface area contributed by atoms with E-state index in [4.69, 9.17) is 10.8 Å². The number of halogens is 1. The quantitative estimate of drug-likeness (QED) is 0.712. The largest absolute Gasteiger partial charge is 0.481 e. The van der Waals surface area contributed by atoms with Gasteiger partial charge in [-0.05, 0) is 25.2 Å². The number of carboxylic acids is 1. The zero-order valence-electron chi connectivity index (χ0n) is 7.03. The van der Waals surface area contributed by atoms with Crippen molar-refractivity contribution in [1.82, 2.24) is 0 Å². The fourth-order valence-electron chi connectivity index (χ4n) is 1.73. The third-order valence-electron chi connectivity index (χ3n) is 2.45. The highest BCUT2D eigenvalue weighted by Crippen LogP contribution is 2.27. The van der Waals surface area contributed by atoms with Gasteiger partial charge in [0.25, 0.3) is 0 Å². The minimum atomic E-state index is -0.705. The lowest BCUT2D eigenvalue weighted by atomic mass is 9.98. The number of hydrogen-bond donors (Lipinski definition) is 2. The SMILES string of the molecule is Cl.N[C@@H]1CCC[C@H]1CCC(=O)O. The van der Waals surface area contributed by atoms with Crippen LogP contribution in [0.3, 0.4) is 0 Å². The predicted molar refractivity (Wildman–Crippen MR) is 49.4 cm³/mol. The monoisotopic (exact) mass is 193 g/mol. The van der Waals surface area contributed by atoms with E-state index in [1.54, 1.807) is 0 Å². The van der Waals surface area contributed by atoms with Gasteiger partial charge in [-0.1, -0.05) is 6.42 Å². The molecule has 1 rings (SSSR count). The maximum absolute atomic E-state index is 10.2. The van der Waals surface area contributed by atoms with Crippen molar-refractivity contribution in [3.05, 3.63) is 0 Å². The number of rotatable bonds is 3. The molecular formula is C8H16ClNO2. The van der Waals surface area contributed by atoms with Crippen molar-refractivity contribution in [3.8, 4) is 0 Å². The van der Waals surface area contributed by atoms with Crippen LogP contribution in [0.1, 0.15) is 32.1 Å². The van der Waals surface area contributed by atoms with Crippen LogP contribution in [-0.2, 0) is 4.79 Å². The first-order valence-corrected chi connectivity index (χ1v) is 4.17. The first-order valence-electron chi connectivity index (χ1n) is 4.17. The number of hydrogen-bond acceptors (Lipinski definition) is 2. The normalized spacial score (nSPS) is 28.1. The van der Waals surface area contributed by atoms with E-state index >= 15 is 0 Å². The predicted octanol–water partition coefficient (Wildman–Crippen LogP) is 1.40. The Morgan fingerprint density at radius 1 is 1.50 bits per heavy atom. The van der Waals surface area contributed by atoms with Crippen molar-refractivity contribution in [3.63, 3.8) is 0 Å². The average molecular weight is 194 g/mol. The van der Waals surface area contributed by atoms with Gasteiger partial charge in [-0.25, -0.2) is 0 Å². The Bertz CT molecular complexity index is 152. The average Bonchev–Trinajstić information content (AvgIpc) is 2.31. The van der Waals surface area contributed by atoms with Gasteiger partial charge in [0.1, 0.15) is 0 Å². The standard InChI is InChI=1S/C8H15NO2.ClH/c9-7-3-1-2-6(7)4-5-8(10)11;/h6-7H,1-5,9H2,(H,10,11);1H/t6-,7+;/m0./s1. The summed E-state index contributed by atoms with van der Waals surface area (Å²) >= 11 is 0. The van der Waals surface area contributed by atoms with Crippen LogP contribution in [0.2, 0.25) is 0 Å². The Morgan fingerprint density at radius 3 is 2.58 bits per heavy atom. The molecule has 0 unspecified atom stereocenters. The highest BCUT2D eigenvalue weighted by Gasteiger charge is 2.23. The van der Waals surface area contributed by atoms with Gasteiger partial charge in [0.15, 0.2) is 0 Å². The molecule has 1 saturated carbocycles. The number of aliphatic carboxylic acids is 1. The molecule has 1 aliphatic carbocycles. The van der Waals surface area contributed by atoms with Gasteiger partial charge in [-0.3, -0.25) is 4.79 Å². The second-order valence-corrected chi connectivity index (χ2v) is 3.29. The molecule has 72 valence electrons. The van der Waals surface area contributed by atoms with Crippen molar-refractivity contribution < 1.29 is 9.90 Å². The van der Waals surface area contributed by atoms with Gasteiger partial charge in [0, 0.05) is 12.5 Å². The molecule has 2 atom stereocenters. The Kier molecular flexibility index (Phi) is 5.25. The van der Waals surface area contributed by atoms with Crippen LogP contribution in [0, 0.1) is 5.92 Å². The molecule has 0 aromatic rings. The number of nitrogens with two attached hydrogens (primary N) is 1. The summed E-state index contributed by atoms with van der Waals surface area (Å²) in [5, 5.41) is 8.42. The van der Waals surface area contributed by atoms with Gasteiger partial charge in [0.05, 0.1) is 0 Å². The second-order valence-electron chi connectivity index (χ2n) is 3.29. The van der Waals surface area contributed by atoms with E-state index < -0.39 is 5.97 Å². The van der Waals surface area contributed by atoms with Gasteiger partial charge < -0.3 is 10.8 Å². The molecule has 12 heavy (non-hydrogen) atoms. The first kappa shape index (κ1) is 11.7. The molecule has 0 aromatic carbocycles. The van der Waals surface area contributed by atoms with Crippen LogP contribution < -0.4 is 5.73 Å². The zero-order valence-corrected chi connectivity index (χ0v) is 7.85. The number of carbonyl (C=O) groups is 1. The van der Waals surface area contributed by atoms with E-state index in [0.29, 0.717) is 5.92 Å². The fourth-order valence-corrected chi connectivity index (χ4v) is 1.73. The minimum Gasteiger partial charge on any atom is -0.481 e. The van der Waals surface area contributed by atoms with Gasteiger partial charge >= 0.3 is 5.97 Å². The molecule has 3 nitrogen and oxygen atoms in total. The van der Waals surface area contributed by atoms with Crippen LogP contribution in [0.4, 0.5) is 0 Å². The van der Waals surface area contributed by atoms with E-state index in [2.05, 4.69) is 0 Å². The van der Waals surface area contributed by atoms with E-state index in [9.17, 15) is 4.79 Å². The lowest BCUT2D eigenvalue weighted by Gasteiger charge is -2.12. The molecule has 0 saturated heterocycles. The maximum Gasteiger partial charge on any atom is 0.303 e. The molecule has 0 aliphatic heterocycles. The van der Waals surface area contributed by atoms with Crippen LogP contribution in [0.25, 0.3) is 0 Å². The first-order chi connectivity index (χ1) is 5.20. The third kappa shape index (κ3) is 3.41. The van der Waals surface area contributed by atoms with Crippen LogP contribution in [-0.4, -0.2) is 17.1 Å². The summed E-state index contributed by atoms with van der Waals surface area (Å²) in [5.74, 6) is -0.241. The molecular weight excluding hydrogens is 178 g/mol. The lowest BCUT2D eigenvalue weighted by molar-refractivity contribution is -0.137. The van der Waals surface area contributed by atoms with Gasteiger partial charge in [-0.15, -0.1) is 12.4 Å². The fraction of sp³-hybridized carbons (Fsp3) is 0.875. The highest BCUT2D eigenvalue weighted by molar-refractivity contribution is 5.85. The zero-order chi connectivity index (χ0) is 8.27. The van der Waals surface area contributed by atoms with Crippen molar-refractivity contribution in [2.24, 2.45) is 11.7 Å². The van der Waals surface area contributed by atoms with Gasteiger partial charge in [-0.2, -0.15) is 0 Å².